The van der Waals surface area contributed by atoms with Crippen LogP contribution >= 0.6 is 0 Å². The zero-order valence-electron chi connectivity index (χ0n) is 12.4. The van der Waals surface area contributed by atoms with E-state index in [2.05, 4.69) is 36.1 Å². The summed E-state index contributed by atoms with van der Waals surface area (Å²) in [7, 11) is 2.09. The molecule has 1 aromatic heterocycles. The molecule has 0 bridgehead atoms. The Morgan fingerprint density at radius 2 is 2.20 bits per heavy atom. The molecule has 0 radical (unpaired) electrons. The fourth-order valence-corrected chi connectivity index (χ4v) is 2.25. The van der Waals surface area contributed by atoms with Gasteiger partial charge in [-0.1, -0.05) is 19.1 Å². The third-order valence-electron chi connectivity index (χ3n) is 3.93. The molecule has 2 rings (SSSR count). The summed E-state index contributed by atoms with van der Waals surface area (Å²) in [6, 6.07) is 8.28. The number of likely N-dealkylation sites (N-methyl/N-ethyl adjacent to an activating group) is 1. The van der Waals surface area contributed by atoms with Gasteiger partial charge >= 0.3 is 0 Å². The number of carbonyl (C=O) groups is 1. The lowest BCUT2D eigenvalue weighted by atomic mass is 10.1. The van der Waals surface area contributed by atoms with Crippen molar-refractivity contribution < 1.29 is 4.79 Å². The number of H-pyrrole nitrogens is 1. The summed E-state index contributed by atoms with van der Waals surface area (Å²) in [5.41, 5.74) is 1.61. The molecule has 1 amide bonds. The molecule has 20 heavy (non-hydrogen) atoms. The van der Waals surface area contributed by atoms with Gasteiger partial charge in [0.25, 0.3) is 5.91 Å². The first-order valence-corrected chi connectivity index (χ1v) is 7.18. The highest BCUT2D eigenvalue weighted by molar-refractivity contribution is 6.05. The van der Waals surface area contributed by atoms with Gasteiger partial charge in [0, 0.05) is 30.7 Å². The van der Waals surface area contributed by atoms with Gasteiger partial charge in [0.15, 0.2) is 0 Å². The molecule has 4 nitrogen and oxygen atoms in total. The first kappa shape index (κ1) is 14.6. The second kappa shape index (κ2) is 6.57. The number of fused-ring (bicyclic) bond motifs is 1. The van der Waals surface area contributed by atoms with E-state index >= 15 is 0 Å². The number of aromatic nitrogens is 1. The van der Waals surface area contributed by atoms with Crippen molar-refractivity contribution in [2.75, 3.05) is 20.1 Å². The van der Waals surface area contributed by atoms with Gasteiger partial charge in [-0.2, -0.15) is 0 Å². The summed E-state index contributed by atoms with van der Waals surface area (Å²) in [4.78, 5) is 17.6. The normalized spacial score (nSPS) is 12.8. The maximum Gasteiger partial charge on any atom is 0.253 e. The van der Waals surface area contributed by atoms with Crippen LogP contribution in [0.15, 0.2) is 30.5 Å². The van der Waals surface area contributed by atoms with Gasteiger partial charge in [-0.15, -0.1) is 0 Å². The SMILES string of the molecule is CCC(C)N(C)CCNC(=O)c1cccc2cc[nH]c12. The average Bonchev–Trinajstić information content (AvgIpc) is 2.94. The monoisotopic (exact) mass is 273 g/mol. The highest BCUT2D eigenvalue weighted by atomic mass is 16.1. The second-order valence-corrected chi connectivity index (χ2v) is 5.24. The van der Waals surface area contributed by atoms with Crippen molar-refractivity contribution in [2.45, 2.75) is 26.3 Å². The second-order valence-electron chi connectivity index (χ2n) is 5.24. The van der Waals surface area contributed by atoms with Crippen molar-refractivity contribution in [2.24, 2.45) is 0 Å². The summed E-state index contributed by atoms with van der Waals surface area (Å²) in [6.07, 6.45) is 2.98. The lowest BCUT2D eigenvalue weighted by molar-refractivity contribution is 0.0949. The Kier molecular flexibility index (Phi) is 4.79. The molecule has 4 heteroatoms. The van der Waals surface area contributed by atoms with Crippen LogP contribution in [0.3, 0.4) is 0 Å². The molecule has 1 aromatic carbocycles. The van der Waals surface area contributed by atoms with Gasteiger partial charge in [0.2, 0.25) is 0 Å². The predicted molar refractivity (Wildman–Crippen MR) is 83.0 cm³/mol. The molecule has 0 aliphatic heterocycles. The van der Waals surface area contributed by atoms with Crippen LogP contribution in [0.5, 0.6) is 0 Å². The number of amides is 1. The highest BCUT2D eigenvalue weighted by Gasteiger charge is 2.11. The maximum absolute atomic E-state index is 12.2. The number of para-hydroxylation sites is 1. The van der Waals surface area contributed by atoms with E-state index in [1.54, 1.807) is 0 Å². The van der Waals surface area contributed by atoms with Gasteiger partial charge in [-0.3, -0.25) is 4.79 Å². The van der Waals surface area contributed by atoms with Crippen molar-refractivity contribution in [1.82, 2.24) is 15.2 Å². The van der Waals surface area contributed by atoms with Crippen LogP contribution in [-0.2, 0) is 0 Å². The Morgan fingerprint density at radius 3 is 2.95 bits per heavy atom. The maximum atomic E-state index is 12.2. The Hall–Kier alpha value is -1.81. The minimum absolute atomic E-state index is 0.0180. The van der Waals surface area contributed by atoms with E-state index in [0.717, 1.165) is 23.9 Å². The highest BCUT2D eigenvalue weighted by Crippen LogP contribution is 2.16. The van der Waals surface area contributed by atoms with E-state index in [1.807, 2.05) is 30.5 Å². The molecule has 0 spiro atoms. The predicted octanol–water partition coefficient (Wildman–Crippen LogP) is 2.63. The van der Waals surface area contributed by atoms with Crippen LogP contribution < -0.4 is 5.32 Å². The van der Waals surface area contributed by atoms with Crippen LogP contribution in [0.2, 0.25) is 0 Å². The van der Waals surface area contributed by atoms with Crippen LogP contribution in [0, 0.1) is 0 Å². The number of nitrogens with one attached hydrogen (secondary N) is 2. The summed E-state index contributed by atoms with van der Waals surface area (Å²) in [5.74, 6) is -0.0180. The van der Waals surface area contributed by atoms with Gasteiger partial charge in [-0.05, 0) is 32.5 Å². The van der Waals surface area contributed by atoms with Crippen molar-refractivity contribution in [3.63, 3.8) is 0 Å². The molecule has 1 unspecified atom stereocenters. The largest absolute Gasteiger partial charge is 0.361 e. The van der Waals surface area contributed by atoms with E-state index in [9.17, 15) is 4.79 Å². The first-order chi connectivity index (χ1) is 9.63. The third kappa shape index (κ3) is 3.20. The zero-order chi connectivity index (χ0) is 14.5. The van der Waals surface area contributed by atoms with Gasteiger partial charge in [0.05, 0.1) is 11.1 Å². The van der Waals surface area contributed by atoms with Gasteiger partial charge < -0.3 is 15.2 Å². The molecular formula is C16H23N3O. The standard InChI is InChI=1S/C16H23N3O/c1-4-12(2)19(3)11-10-18-16(20)14-7-5-6-13-8-9-17-15(13)14/h5-9,12,17H,4,10-11H2,1-3H3,(H,18,20). The molecule has 0 saturated heterocycles. The lowest BCUT2D eigenvalue weighted by Crippen LogP contribution is -2.37. The molecular weight excluding hydrogens is 250 g/mol. The number of hydrogen-bond acceptors (Lipinski definition) is 2. The van der Waals surface area contributed by atoms with Crippen LogP contribution in [-0.4, -0.2) is 42.0 Å². The summed E-state index contributed by atoms with van der Waals surface area (Å²) in [6.45, 7) is 5.89. The van der Waals surface area contributed by atoms with Crippen molar-refractivity contribution >= 4 is 16.8 Å². The van der Waals surface area contributed by atoms with Crippen molar-refractivity contribution in [3.8, 4) is 0 Å². The lowest BCUT2D eigenvalue weighted by Gasteiger charge is -2.23. The fourth-order valence-electron chi connectivity index (χ4n) is 2.25. The molecule has 2 N–H and O–H groups in total. The molecule has 0 aliphatic carbocycles. The Balaban J connectivity index is 1.94. The summed E-state index contributed by atoms with van der Waals surface area (Å²) in [5, 5.41) is 4.05. The van der Waals surface area contributed by atoms with E-state index in [1.165, 1.54) is 0 Å². The summed E-state index contributed by atoms with van der Waals surface area (Å²) >= 11 is 0. The zero-order valence-corrected chi connectivity index (χ0v) is 12.4. The van der Waals surface area contributed by atoms with Gasteiger partial charge in [0.1, 0.15) is 0 Å². The number of benzene rings is 1. The van der Waals surface area contributed by atoms with E-state index in [-0.39, 0.29) is 5.91 Å². The molecule has 0 aliphatic rings. The van der Waals surface area contributed by atoms with Crippen molar-refractivity contribution in [1.29, 1.82) is 0 Å². The smallest absolute Gasteiger partial charge is 0.253 e. The number of aromatic amines is 1. The Labute approximate surface area is 120 Å². The van der Waals surface area contributed by atoms with Gasteiger partial charge in [-0.25, -0.2) is 0 Å². The first-order valence-electron chi connectivity index (χ1n) is 7.18. The fraction of sp³-hybridized carbons (Fsp3) is 0.438. The van der Waals surface area contributed by atoms with E-state index in [4.69, 9.17) is 0 Å². The molecule has 0 saturated carbocycles. The average molecular weight is 273 g/mol. The molecule has 0 fully saturated rings. The van der Waals surface area contributed by atoms with Crippen LogP contribution in [0.4, 0.5) is 0 Å². The quantitative estimate of drug-likeness (QED) is 0.850. The van der Waals surface area contributed by atoms with Crippen LogP contribution in [0.25, 0.3) is 10.9 Å². The Morgan fingerprint density at radius 1 is 1.40 bits per heavy atom. The number of carbonyl (C=O) groups excluding carboxylic acids is 1. The Bertz CT molecular complexity index is 576. The van der Waals surface area contributed by atoms with Crippen LogP contribution in [0.1, 0.15) is 30.6 Å². The third-order valence-corrected chi connectivity index (χ3v) is 3.93. The van der Waals surface area contributed by atoms with Crippen molar-refractivity contribution in [3.05, 3.63) is 36.0 Å². The molecule has 108 valence electrons. The van der Waals surface area contributed by atoms with E-state index in [0.29, 0.717) is 18.2 Å². The number of nitrogens with zero attached hydrogens (tertiary/aromatic N) is 1. The topological polar surface area (TPSA) is 48.1 Å². The number of rotatable bonds is 6. The molecule has 1 atom stereocenters. The minimum Gasteiger partial charge on any atom is -0.361 e. The summed E-state index contributed by atoms with van der Waals surface area (Å²) < 4.78 is 0. The molecule has 1 heterocycles. The molecule has 2 aromatic rings. The van der Waals surface area contributed by atoms with E-state index < -0.39 is 0 Å². The minimum atomic E-state index is -0.0180. The number of hydrogen-bond donors (Lipinski definition) is 2.